The largest absolute Gasteiger partial charge is 1.00 e. The van der Waals surface area contributed by atoms with Crippen molar-refractivity contribution in [3.8, 4) is 0 Å². The average molecular weight is 397 g/mol. The maximum atomic E-state index is 4.07. The molecule has 0 spiro atoms. The van der Waals surface area contributed by atoms with Crippen molar-refractivity contribution >= 4 is 17.9 Å². The van der Waals surface area contributed by atoms with Gasteiger partial charge in [-0.15, -0.1) is 0 Å². The Morgan fingerprint density at radius 2 is 1.08 bits per heavy atom. The summed E-state index contributed by atoms with van der Waals surface area (Å²) in [7, 11) is -1.54. The molecule has 0 N–H and O–H groups in total. The van der Waals surface area contributed by atoms with Crippen molar-refractivity contribution < 1.29 is 17.0 Å². The Morgan fingerprint density at radius 1 is 0.667 bits per heavy atom. The van der Waals surface area contributed by atoms with E-state index in [-0.39, 0.29) is 17.0 Å². The SMILES string of the molecule is C=CC[P+](Cc1ccccc1)(c1ccccc1)c1ccccc1.[Br-]. The lowest BCUT2D eigenvalue weighted by atomic mass is 10.2. The second-order valence-electron chi connectivity index (χ2n) is 5.75. The molecule has 0 fully saturated rings. The molecule has 0 aromatic heterocycles. The van der Waals surface area contributed by atoms with Gasteiger partial charge in [0.05, 0.1) is 30.2 Å². The molecule has 0 saturated heterocycles. The second-order valence-corrected chi connectivity index (χ2v) is 9.40. The summed E-state index contributed by atoms with van der Waals surface area (Å²) >= 11 is 0. The van der Waals surface area contributed by atoms with Crippen LogP contribution in [0.5, 0.6) is 0 Å². The fraction of sp³-hybridized carbons (Fsp3) is 0.0909. The van der Waals surface area contributed by atoms with Crippen LogP contribution in [-0.4, -0.2) is 6.16 Å². The molecule has 0 aliphatic rings. The number of halogens is 1. The minimum atomic E-state index is -1.54. The first-order chi connectivity index (χ1) is 11.3. The van der Waals surface area contributed by atoms with Crippen LogP contribution in [0.1, 0.15) is 5.56 Å². The zero-order valence-electron chi connectivity index (χ0n) is 13.7. The quantitative estimate of drug-likeness (QED) is 0.441. The van der Waals surface area contributed by atoms with Crippen LogP contribution in [0.4, 0.5) is 0 Å². The molecule has 24 heavy (non-hydrogen) atoms. The number of hydrogen-bond acceptors (Lipinski definition) is 0. The van der Waals surface area contributed by atoms with E-state index >= 15 is 0 Å². The molecule has 0 heterocycles. The van der Waals surface area contributed by atoms with Gasteiger partial charge in [0.25, 0.3) is 0 Å². The van der Waals surface area contributed by atoms with Crippen molar-refractivity contribution in [2.75, 3.05) is 6.16 Å². The molecule has 0 bridgehead atoms. The van der Waals surface area contributed by atoms with Crippen LogP contribution in [0.2, 0.25) is 0 Å². The van der Waals surface area contributed by atoms with Gasteiger partial charge in [0, 0.05) is 0 Å². The van der Waals surface area contributed by atoms with Crippen molar-refractivity contribution in [2.24, 2.45) is 0 Å². The van der Waals surface area contributed by atoms with Gasteiger partial charge in [0.1, 0.15) is 0 Å². The molecule has 3 aromatic rings. The lowest BCUT2D eigenvalue weighted by Gasteiger charge is -2.26. The van der Waals surface area contributed by atoms with Crippen molar-refractivity contribution in [1.82, 2.24) is 0 Å². The molecule has 122 valence electrons. The second kappa shape index (κ2) is 8.97. The van der Waals surface area contributed by atoms with Crippen molar-refractivity contribution in [3.05, 3.63) is 109 Å². The molecule has 2 heteroatoms. The van der Waals surface area contributed by atoms with E-state index in [2.05, 4.69) is 104 Å². The topological polar surface area (TPSA) is 0 Å². The van der Waals surface area contributed by atoms with Gasteiger partial charge in [-0.3, -0.25) is 0 Å². The molecule has 0 aliphatic carbocycles. The zero-order chi connectivity index (χ0) is 16.0. The minimum Gasteiger partial charge on any atom is -1.00 e. The van der Waals surface area contributed by atoms with Crippen LogP contribution in [0.25, 0.3) is 0 Å². The highest BCUT2D eigenvalue weighted by Crippen LogP contribution is 2.59. The first-order valence-electron chi connectivity index (χ1n) is 7.98. The molecule has 0 unspecified atom stereocenters. The first-order valence-corrected chi connectivity index (χ1v) is 10.1. The normalized spacial score (nSPS) is 10.7. The van der Waals surface area contributed by atoms with E-state index in [1.165, 1.54) is 16.2 Å². The highest BCUT2D eigenvalue weighted by molar-refractivity contribution is 7.89. The third kappa shape index (κ3) is 4.04. The molecule has 0 saturated carbocycles. The Labute approximate surface area is 156 Å². The highest BCUT2D eigenvalue weighted by Gasteiger charge is 2.41. The third-order valence-corrected chi connectivity index (χ3v) is 8.60. The molecule has 3 aromatic carbocycles. The van der Waals surface area contributed by atoms with Gasteiger partial charge in [-0.05, 0) is 29.8 Å². The molecule has 0 radical (unpaired) electrons. The molecule has 3 rings (SSSR count). The van der Waals surface area contributed by atoms with Gasteiger partial charge >= 0.3 is 0 Å². The number of rotatable bonds is 6. The summed E-state index contributed by atoms with van der Waals surface area (Å²) in [4.78, 5) is 0. The molecule has 0 amide bonds. The lowest BCUT2D eigenvalue weighted by Crippen LogP contribution is -3.00. The minimum absolute atomic E-state index is 0. The van der Waals surface area contributed by atoms with Crippen molar-refractivity contribution in [2.45, 2.75) is 6.16 Å². The van der Waals surface area contributed by atoms with Gasteiger partial charge in [0.15, 0.2) is 0 Å². The van der Waals surface area contributed by atoms with E-state index in [1.807, 2.05) is 0 Å². The molecule has 0 atom stereocenters. The Hall–Kier alpha value is -1.69. The van der Waals surface area contributed by atoms with Crippen molar-refractivity contribution in [3.63, 3.8) is 0 Å². The Balaban J connectivity index is 0.00000208. The first kappa shape index (κ1) is 18.6. The number of benzene rings is 3. The summed E-state index contributed by atoms with van der Waals surface area (Å²) in [6.45, 7) is 4.07. The van der Waals surface area contributed by atoms with Crippen LogP contribution in [0.3, 0.4) is 0 Å². The van der Waals surface area contributed by atoms with Crippen LogP contribution in [0, 0.1) is 0 Å². The van der Waals surface area contributed by atoms with Crippen LogP contribution >= 0.6 is 7.26 Å². The van der Waals surface area contributed by atoms with E-state index in [1.54, 1.807) is 0 Å². The predicted octanol–water partition coefficient (Wildman–Crippen LogP) is 2.05. The fourth-order valence-corrected chi connectivity index (χ4v) is 7.12. The van der Waals surface area contributed by atoms with E-state index in [0.29, 0.717) is 0 Å². The fourth-order valence-electron chi connectivity index (χ4n) is 3.15. The smallest absolute Gasteiger partial charge is 0.0998 e. The molecule has 0 nitrogen and oxygen atoms in total. The Bertz CT molecular complexity index is 699. The Kier molecular flexibility index (Phi) is 6.97. The lowest BCUT2D eigenvalue weighted by molar-refractivity contribution is -0.00000456. The van der Waals surface area contributed by atoms with E-state index in [0.717, 1.165) is 12.3 Å². The third-order valence-electron chi connectivity index (χ3n) is 4.24. The summed E-state index contributed by atoms with van der Waals surface area (Å²) in [6.07, 6.45) is 4.19. The monoisotopic (exact) mass is 396 g/mol. The zero-order valence-corrected chi connectivity index (χ0v) is 16.2. The van der Waals surface area contributed by atoms with Crippen LogP contribution in [-0.2, 0) is 6.16 Å². The summed E-state index contributed by atoms with van der Waals surface area (Å²) in [5.41, 5.74) is 1.40. The number of hydrogen-bond donors (Lipinski definition) is 0. The van der Waals surface area contributed by atoms with Gasteiger partial charge < -0.3 is 17.0 Å². The average Bonchev–Trinajstić information content (AvgIpc) is 2.64. The molecular weight excluding hydrogens is 375 g/mol. The summed E-state index contributed by atoms with van der Waals surface area (Å²) in [6, 6.07) is 32.8. The van der Waals surface area contributed by atoms with E-state index < -0.39 is 7.26 Å². The van der Waals surface area contributed by atoms with Crippen molar-refractivity contribution in [1.29, 1.82) is 0 Å². The summed E-state index contributed by atoms with van der Waals surface area (Å²) in [5.74, 6) is 0. The standard InChI is InChI=1S/C22H22P.BrH/c1-2-18-23(21-14-8-4-9-15-21,22-16-10-5-11-17-22)19-20-12-6-3-7-13-20;/h2-17H,1,18-19H2;1H/q+1;/p-1. The van der Waals surface area contributed by atoms with Gasteiger partial charge in [-0.2, -0.15) is 0 Å². The predicted molar refractivity (Wildman–Crippen MR) is 104 cm³/mol. The summed E-state index contributed by atoms with van der Waals surface area (Å²) in [5, 5.41) is 2.91. The van der Waals surface area contributed by atoms with E-state index in [9.17, 15) is 0 Å². The van der Waals surface area contributed by atoms with E-state index in [4.69, 9.17) is 0 Å². The van der Waals surface area contributed by atoms with Gasteiger partial charge in [0.2, 0.25) is 0 Å². The highest BCUT2D eigenvalue weighted by atomic mass is 79.9. The number of allylic oxidation sites excluding steroid dienone is 1. The molecular formula is C22H22BrP. The maximum Gasteiger partial charge on any atom is 0.0998 e. The van der Waals surface area contributed by atoms with Gasteiger partial charge in [-0.25, -0.2) is 0 Å². The van der Waals surface area contributed by atoms with Crippen LogP contribution < -0.4 is 27.6 Å². The van der Waals surface area contributed by atoms with Crippen LogP contribution in [0.15, 0.2) is 104 Å². The Morgan fingerprint density at radius 3 is 1.50 bits per heavy atom. The molecule has 0 aliphatic heterocycles. The maximum absolute atomic E-state index is 4.07. The van der Waals surface area contributed by atoms with Gasteiger partial charge in [-0.1, -0.05) is 79.4 Å². The summed E-state index contributed by atoms with van der Waals surface area (Å²) < 4.78 is 0.